The Morgan fingerprint density at radius 2 is 0.833 bits per heavy atom. The molecule has 0 aliphatic heterocycles. The number of aliphatic carboxylic acids is 1. The molecule has 66 heavy (non-hydrogen) atoms. The third-order valence-electron chi connectivity index (χ3n) is 9.98. The van der Waals surface area contributed by atoms with Gasteiger partial charge >= 0.3 is 11.9 Å². The summed E-state index contributed by atoms with van der Waals surface area (Å²) < 4.78 is 17.1. The van der Waals surface area contributed by atoms with Gasteiger partial charge in [-0.25, -0.2) is 0 Å². The number of esters is 2. The van der Waals surface area contributed by atoms with Crippen molar-refractivity contribution in [2.24, 2.45) is 0 Å². The predicted octanol–water partition coefficient (Wildman–Crippen LogP) is 13.2. The quantitative estimate of drug-likeness (QED) is 0.0260. The molecule has 0 aromatic rings. The molecule has 8 heteroatoms. The zero-order valence-corrected chi connectivity index (χ0v) is 41.8. The number of ether oxygens (including phenoxy) is 3. The van der Waals surface area contributed by atoms with Crippen LogP contribution in [0.4, 0.5) is 0 Å². The van der Waals surface area contributed by atoms with Crippen molar-refractivity contribution in [2.75, 3.05) is 41.0 Å². The van der Waals surface area contributed by atoms with Gasteiger partial charge in [-0.2, -0.15) is 0 Å². The Labute approximate surface area is 402 Å². The fourth-order valence-electron chi connectivity index (χ4n) is 6.22. The number of carbonyl (C=O) groups excluding carboxylic acids is 3. The van der Waals surface area contributed by atoms with Crippen LogP contribution in [0.1, 0.15) is 149 Å². The van der Waals surface area contributed by atoms with E-state index in [0.717, 1.165) is 109 Å². The highest BCUT2D eigenvalue weighted by atomic mass is 16.6. The number of unbranched alkanes of at least 4 members (excludes halogenated alkanes) is 4. The van der Waals surface area contributed by atoms with Crippen LogP contribution in [0, 0.1) is 0 Å². The lowest BCUT2D eigenvalue weighted by molar-refractivity contribution is -0.889. The minimum atomic E-state index is -1.15. The first-order valence-electron chi connectivity index (χ1n) is 24.9. The fourth-order valence-corrected chi connectivity index (χ4v) is 6.22. The van der Waals surface area contributed by atoms with Gasteiger partial charge in [0, 0.05) is 19.3 Å². The summed E-state index contributed by atoms with van der Waals surface area (Å²) in [6.07, 6.45) is 68.9. The van der Waals surface area contributed by atoms with Crippen LogP contribution in [0.5, 0.6) is 0 Å². The van der Waals surface area contributed by atoms with E-state index in [4.69, 9.17) is 14.2 Å². The maximum Gasteiger partial charge on any atom is 0.306 e. The molecular weight excluding hydrogens is 823 g/mol. The summed E-state index contributed by atoms with van der Waals surface area (Å²) in [5.74, 6) is -1.90. The van der Waals surface area contributed by atoms with Crippen molar-refractivity contribution in [3.05, 3.63) is 146 Å². The van der Waals surface area contributed by atoms with Gasteiger partial charge < -0.3 is 28.6 Å². The second-order valence-electron chi connectivity index (χ2n) is 16.9. The van der Waals surface area contributed by atoms with Crippen LogP contribution in [0.25, 0.3) is 0 Å². The molecule has 0 radical (unpaired) electrons. The minimum absolute atomic E-state index is 0.00949. The van der Waals surface area contributed by atoms with Crippen LogP contribution >= 0.6 is 0 Å². The van der Waals surface area contributed by atoms with Crippen LogP contribution in [0.2, 0.25) is 0 Å². The first-order chi connectivity index (χ1) is 32.1. The maximum atomic E-state index is 12.7. The Hall–Kier alpha value is -4.79. The largest absolute Gasteiger partial charge is 0.544 e. The molecule has 0 heterocycles. The Bertz CT molecular complexity index is 1580. The summed E-state index contributed by atoms with van der Waals surface area (Å²) >= 11 is 0. The van der Waals surface area contributed by atoms with Crippen LogP contribution in [-0.2, 0) is 28.6 Å². The van der Waals surface area contributed by atoms with Gasteiger partial charge in [-0.3, -0.25) is 9.59 Å². The minimum Gasteiger partial charge on any atom is -0.544 e. The molecule has 0 aliphatic carbocycles. The number of likely N-dealkylation sites (N-methyl/N-ethyl adjacent to an activating group) is 1. The molecule has 0 spiro atoms. The molecule has 0 amide bonds. The van der Waals surface area contributed by atoms with Gasteiger partial charge in [0.2, 0.25) is 0 Å². The molecule has 0 N–H and O–H groups in total. The first kappa shape index (κ1) is 61.2. The van der Waals surface area contributed by atoms with Crippen molar-refractivity contribution in [3.63, 3.8) is 0 Å². The number of nitrogens with zero attached hydrogens (tertiary/aromatic N) is 1. The van der Waals surface area contributed by atoms with Gasteiger partial charge in [0.25, 0.3) is 0 Å². The lowest BCUT2D eigenvalue weighted by Crippen LogP contribution is -2.55. The molecule has 0 aromatic heterocycles. The van der Waals surface area contributed by atoms with Crippen molar-refractivity contribution < 1.29 is 38.2 Å². The third kappa shape index (κ3) is 44.4. The van der Waals surface area contributed by atoms with E-state index in [0.29, 0.717) is 12.8 Å². The van der Waals surface area contributed by atoms with E-state index in [1.807, 2.05) is 12.2 Å². The van der Waals surface area contributed by atoms with E-state index in [1.54, 1.807) is 21.1 Å². The van der Waals surface area contributed by atoms with Gasteiger partial charge in [-0.15, -0.1) is 0 Å². The van der Waals surface area contributed by atoms with E-state index < -0.39 is 24.1 Å². The van der Waals surface area contributed by atoms with Crippen LogP contribution < -0.4 is 5.11 Å². The molecular formula is C58H89NO7. The fraction of sp³-hybridized carbons (Fsp3) is 0.534. The summed E-state index contributed by atoms with van der Waals surface area (Å²) in [4.78, 5) is 37.0. The highest BCUT2D eigenvalue weighted by Gasteiger charge is 2.25. The third-order valence-corrected chi connectivity index (χ3v) is 9.98. The monoisotopic (exact) mass is 912 g/mol. The highest BCUT2D eigenvalue weighted by molar-refractivity contribution is 5.70. The molecule has 0 fully saturated rings. The zero-order chi connectivity index (χ0) is 48.4. The van der Waals surface area contributed by atoms with Gasteiger partial charge in [0.15, 0.2) is 6.10 Å². The number of allylic oxidation sites excluding steroid dienone is 24. The molecule has 0 saturated carbocycles. The van der Waals surface area contributed by atoms with Gasteiger partial charge in [-0.1, -0.05) is 173 Å². The van der Waals surface area contributed by atoms with E-state index in [9.17, 15) is 19.5 Å². The number of hydrogen-bond acceptors (Lipinski definition) is 7. The van der Waals surface area contributed by atoms with Crippen molar-refractivity contribution in [2.45, 2.75) is 161 Å². The van der Waals surface area contributed by atoms with E-state index in [-0.39, 0.29) is 43.1 Å². The molecule has 2 unspecified atom stereocenters. The van der Waals surface area contributed by atoms with Gasteiger partial charge in [0.05, 0.1) is 40.3 Å². The maximum absolute atomic E-state index is 12.7. The molecule has 2 atom stereocenters. The Balaban J connectivity index is 4.47. The smallest absolute Gasteiger partial charge is 0.306 e. The molecule has 0 saturated heterocycles. The summed E-state index contributed by atoms with van der Waals surface area (Å²) in [5, 5.41) is 11.7. The Morgan fingerprint density at radius 3 is 1.23 bits per heavy atom. The van der Waals surface area contributed by atoms with Crippen molar-refractivity contribution >= 4 is 17.9 Å². The van der Waals surface area contributed by atoms with Crippen LogP contribution in [0.15, 0.2) is 146 Å². The first-order valence-corrected chi connectivity index (χ1v) is 24.9. The summed E-state index contributed by atoms with van der Waals surface area (Å²) in [7, 11) is 5.36. The van der Waals surface area contributed by atoms with Crippen molar-refractivity contribution in [1.29, 1.82) is 0 Å². The molecule has 368 valence electrons. The summed E-state index contributed by atoms with van der Waals surface area (Å²) in [6.45, 7) is 4.30. The van der Waals surface area contributed by atoms with Crippen LogP contribution in [-0.4, -0.2) is 75.5 Å². The summed E-state index contributed by atoms with van der Waals surface area (Å²) in [6, 6.07) is -0.754. The number of hydrogen-bond donors (Lipinski definition) is 0. The standard InChI is InChI=1S/C58H89NO7/c1-6-8-10-12-14-16-18-20-22-24-26-27-28-29-31-32-34-36-38-40-42-44-46-48-56(60)65-53-54(52-64-51-50-55(58(62)63)59(3,4)5)66-57(61)49-47-45-43-41-39-37-35-33-30-25-23-21-19-17-15-13-11-9-7-2/h8-11,14-17,20-23,26-27,29-31,33-34,36-37,39,43,45,54-55H,6-7,12-13,18-19,24-25,28,32,35,38,40-42,44,46-53H2,1-5H3/b10-8+,11-9+,16-14+,17-15+,22-20+,23-21+,27-26+,31-29+,33-30+,36-34+,39-37+,45-43+. The van der Waals surface area contributed by atoms with E-state index >= 15 is 0 Å². The van der Waals surface area contributed by atoms with E-state index in [1.165, 1.54) is 0 Å². The van der Waals surface area contributed by atoms with E-state index in [2.05, 4.69) is 148 Å². The molecule has 0 rings (SSSR count). The Morgan fingerprint density at radius 1 is 0.455 bits per heavy atom. The average Bonchev–Trinajstić information content (AvgIpc) is 3.28. The number of carboxylic acids is 1. The number of carbonyl (C=O) groups is 3. The van der Waals surface area contributed by atoms with Crippen LogP contribution in [0.3, 0.4) is 0 Å². The molecule has 0 bridgehead atoms. The highest BCUT2D eigenvalue weighted by Crippen LogP contribution is 2.11. The molecule has 0 aromatic carbocycles. The molecule has 0 aliphatic rings. The second-order valence-corrected chi connectivity index (χ2v) is 16.9. The topological polar surface area (TPSA) is 102 Å². The number of quaternary nitrogens is 1. The van der Waals surface area contributed by atoms with Gasteiger partial charge in [0.1, 0.15) is 12.6 Å². The zero-order valence-electron chi connectivity index (χ0n) is 41.8. The SMILES string of the molecule is CC/C=C/C/C=C/C/C=C/C/C=C/C/C=C/C/C=C/CCCCCCC(=O)OCC(COCCC(C(=O)[O-])[N+](C)(C)C)OC(=O)CC/C=C/C/C=C/C/C=C/C/C=C/C/C=C/C/C=C/CC. The van der Waals surface area contributed by atoms with Gasteiger partial charge in [-0.05, 0) is 103 Å². The molecule has 8 nitrogen and oxygen atoms in total. The lowest BCUT2D eigenvalue weighted by atomic mass is 10.1. The predicted molar refractivity (Wildman–Crippen MR) is 276 cm³/mol. The van der Waals surface area contributed by atoms with Crippen molar-refractivity contribution in [3.8, 4) is 0 Å². The summed E-state index contributed by atoms with van der Waals surface area (Å²) in [5.41, 5.74) is 0. The normalized spacial score (nSPS) is 14.1. The lowest BCUT2D eigenvalue weighted by Gasteiger charge is -2.34. The number of rotatable bonds is 42. The Kier molecular flexibility index (Phi) is 43.3. The second kappa shape index (κ2) is 46.7. The number of carboxylic acid groups (broad SMARTS) is 1. The van der Waals surface area contributed by atoms with Crippen molar-refractivity contribution in [1.82, 2.24) is 0 Å². The average molecular weight is 912 g/mol.